The number of benzene rings is 2. The van der Waals surface area contributed by atoms with Gasteiger partial charge in [-0.05, 0) is 54.7 Å². The van der Waals surface area contributed by atoms with Gasteiger partial charge in [0.15, 0.2) is 6.61 Å². The van der Waals surface area contributed by atoms with E-state index in [1.165, 1.54) is 36.9 Å². The molecule has 0 spiro atoms. The standard InChI is InChI=1S/C21H21NO5/c1-26-20(24)15-9-11-16(12-10-15)21(25)27-13-19(23)22-18-8-4-6-14-5-2-3-7-17(14)18/h2-3,5,7,9-12,18H,4,6,8,13H2,1H3,(H,22,23)/t18-/m1/s1. The summed E-state index contributed by atoms with van der Waals surface area (Å²) >= 11 is 0. The molecule has 1 N–H and O–H groups in total. The number of hydrogen-bond acceptors (Lipinski definition) is 5. The number of esters is 2. The smallest absolute Gasteiger partial charge is 0.338 e. The summed E-state index contributed by atoms with van der Waals surface area (Å²) < 4.78 is 9.68. The highest BCUT2D eigenvalue weighted by molar-refractivity contribution is 5.94. The fourth-order valence-corrected chi connectivity index (χ4v) is 3.21. The van der Waals surface area contributed by atoms with Crippen LogP contribution in [0.1, 0.15) is 50.7 Å². The van der Waals surface area contributed by atoms with Crippen LogP contribution >= 0.6 is 0 Å². The third-order valence-electron chi connectivity index (χ3n) is 4.58. The molecule has 1 aliphatic carbocycles. The van der Waals surface area contributed by atoms with Gasteiger partial charge in [-0.25, -0.2) is 9.59 Å². The lowest BCUT2D eigenvalue weighted by atomic mass is 9.88. The van der Waals surface area contributed by atoms with E-state index in [1.54, 1.807) is 0 Å². The van der Waals surface area contributed by atoms with E-state index >= 15 is 0 Å². The molecule has 0 radical (unpaired) electrons. The van der Waals surface area contributed by atoms with Gasteiger partial charge in [-0.15, -0.1) is 0 Å². The predicted octanol–water partition coefficient (Wildman–Crippen LogP) is 2.82. The zero-order valence-electron chi connectivity index (χ0n) is 15.1. The maximum Gasteiger partial charge on any atom is 0.338 e. The molecule has 27 heavy (non-hydrogen) atoms. The van der Waals surface area contributed by atoms with Crippen molar-refractivity contribution in [2.75, 3.05) is 13.7 Å². The molecule has 1 aliphatic rings. The fourth-order valence-electron chi connectivity index (χ4n) is 3.21. The third-order valence-corrected chi connectivity index (χ3v) is 4.58. The van der Waals surface area contributed by atoms with Gasteiger partial charge in [-0.2, -0.15) is 0 Å². The highest BCUT2D eigenvalue weighted by Gasteiger charge is 2.22. The van der Waals surface area contributed by atoms with Crippen LogP contribution in [0.5, 0.6) is 0 Å². The molecule has 0 unspecified atom stereocenters. The molecule has 3 rings (SSSR count). The maximum atomic E-state index is 12.2. The summed E-state index contributed by atoms with van der Waals surface area (Å²) in [5.74, 6) is -1.44. The first-order chi connectivity index (χ1) is 13.1. The van der Waals surface area contributed by atoms with E-state index in [-0.39, 0.29) is 24.1 Å². The van der Waals surface area contributed by atoms with Crippen LogP contribution in [-0.2, 0) is 20.7 Å². The van der Waals surface area contributed by atoms with Gasteiger partial charge in [-0.3, -0.25) is 4.79 Å². The topological polar surface area (TPSA) is 81.7 Å². The van der Waals surface area contributed by atoms with E-state index < -0.39 is 11.9 Å². The van der Waals surface area contributed by atoms with Crippen LogP contribution in [0.3, 0.4) is 0 Å². The van der Waals surface area contributed by atoms with Crippen molar-refractivity contribution < 1.29 is 23.9 Å². The van der Waals surface area contributed by atoms with Gasteiger partial charge >= 0.3 is 11.9 Å². The lowest BCUT2D eigenvalue weighted by molar-refractivity contribution is -0.125. The van der Waals surface area contributed by atoms with E-state index in [0.717, 1.165) is 24.8 Å². The van der Waals surface area contributed by atoms with Crippen molar-refractivity contribution in [3.05, 3.63) is 70.8 Å². The van der Waals surface area contributed by atoms with Crippen molar-refractivity contribution in [1.29, 1.82) is 0 Å². The minimum atomic E-state index is -0.620. The Kier molecular flexibility index (Phi) is 5.86. The molecule has 0 aliphatic heterocycles. The molecular weight excluding hydrogens is 346 g/mol. The lowest BCUT2D eigenvalue weighted by Gasteiger charge is -2.26. The molecule has 140 valence electrons. The molecule has 2 aromatic rings. The average Bonchev–Trinajstić information content (AvgIpc) is 2.72. The molecule has 0 fully saturated rings. The average molecular weight is 367 g/mol. The van der Waals surface area contributed by atoms with Crippen LogP contribution in [0, 0.1) is 0 Å². The molecular formula is C21H21NO5. The molecule has 0 saturated carbocycles. The molecule has 6 heteroatoms. The van der Waals surface area contributed by atoms with Crippen LogP contribution in [0.4, 0.5) is 0 Å². The molecule has 1 atom stereocenters. The minimum Gasteiger partial charge on any atom is -0.465 e. The van der Waals surface area contributed by atoms with Crippen molar-refractivity contribution in [2.45, 2.75) is 25.3 Å². The number of rotatable bonds is 5. The predicted molar refractivity (Wildman–Crippen MR) is 98.3 cm³/mol. The molecule has 0 heterocycles. The lowest BCUT2D eigenvalue weighted by Crippen LogP contribution is -2.34. The van der Waals surface area contributed by atoms with E-state index in [4.69, 9.17) is 4.74 Å². The second kappa shape index (κ2) is 8.49. The van der Waals surface area contributed by atoms with Crippen molar-refractivity contribution in [1.82, 2.24) is 5.32 Å². The number of nitrogens with one attached hydrogen (secondary N) is 1. The molecule has 0 saturated heterocycles. The normalized spacial score (nSPS) is 15.4. The summed E-state index contributed by atoms with van der Waals surface area (Å²) in [6.07, 6.45) is 2.89. The van der Waals surface area contributed by atoms with Gasteiger partial charge in [0.05, 0.1) is 24.3 Å². The molecule has 1 amide bonds. The highest BCUT2D eigenvalue weighted by atomic mass is 16.5. The second-order valence-corrected chi connectivity index (χ2v) is 6.36. The number of amides is 1. The first kappa shape index (κ1) is 18.6. The van der Waals surface area contributed by atoms with Crippen LogP contribution < -0.4 is 5.32 Å². The van der Waals surface area contributed by atoms with E-state index in [2.05, 4.69) is 16.1 Å². The molecule has 0 bridgehead atoms. The third kappa shape index (κ3) is 4.53. The Bertz CT molecular complexity index is 844. The Labute approximate surface area is 157 Å². The quantitative estimate of drug-likeness (QED) is 0.822. The number of ether oxygens (including phenoxy) is 2. The van der Waals surface area contributed by atoms with Gasteiger partial charge in [0, 0.05) is 0 Å². The summed E-state index contributed by atoms with van der Waals surface area (Å²) in [7, 11) is 1.29. The summed E-state index contributed by atoms with van der Waals surface area (Å²) in [5.41, 5.74) is 2.97. The van der Waals surface area contributed by atoms with Crippen LogP contribution in [0.2, 0.25) is 0 Å². The number of carbonyl (C=O) groups is 3. The van der Waals surface area contributed by atoms with Crippen LogP contribution in [0.15, 0.2) is 48.5 Å². The van der Waals surface area contributed by atoms with E-state index in [1.807, 2.05) is 18.2 Å². The van der Waals surface area contributed by atoms with Crippen molar-refractivity contribution in [3.8, 4) is 0 Å². The van der Waals surface area contributed by atoms with Crippen molar-refractivity contribution in [3.63, 3.8) is 0 Å². The monoisotopic (exact) mass is 367 g/mol. The number of methoxy groups -OCH3 is 1. The Morgan fingerprint density at radius 2 is 1.67 bits per heavy atom. The molecule has 2 aromatic carbocycles. The van der Waals surface area contributed by atoms with Crippen LogP contribution in [-0.4, -0.2) is 31.6 Å². The van der Waals surface area contributed by atoms with Crippen molar-refractivity contribution >= 4 is 17.8 Å². The SMILES string of the molecule is COC(=O)c1ccc(C(=O)OCC(=O)N[C@@H]2CCCc3ccccc32)cc1. The number of carbonyl (C=O) groups excluding carboxylic acids is 3. The van der Waals surface area contributed by atoms with E-state index in [0.29, 0.717) is 5.56 Å². The number of hydrogen-bond donors (Lipinski definition) is 1. The van der Waals surface area contributed by atoms with Gasteiger partial charge < -0.3 is 14.8 Å². The zero-order valence-corrected chi connectivity index (χ0v) is 15.1. The number of fused-ring (bicyclic) bond motifs is 1. The maximum absolute atomic E-state index is 12.2. The van der Waals surface area contributed by atoms with Gasteiger partial charge in [0.2, 0.25) is 0 Å². The van der Waals surface area contributed by atoms with Crippen molar-refractivity contribution in [2.24, 2.45) is 0 Å². The largest absolute Gasteiger partial charge is 0.465 e. The Hall–Kier alpha value is -3.15. The minimum absolute atomic E-state index is 0.0551. The van der Waals surface area contributed by atoms with Gasteiger partial charge in [-0.1, -0.05) is 24.3 Å². The molecule has 6 nitrogen and oxygen atoms in total. The summed E-state index contributed by atoms with van der Waals surface area (Å²) in [6.45, 7) is -0.351. The first-order valence-electron chi connectivity index (χ1n) is 8.81. The highest BCUT2D eigenvalue weighted by Crippen LogP contribution is 2.29. The van der Waals surface area contributed by atoms with Crippen LogP contribution in [0.25, 0.3) is 0 Å². The Morgan fingerprint density at radius 1 is 1.00 bits per heavy atom. The summed E-state index contributed by atoms with van der Waals surface area (Å²) in [5, 5.41) is 2.94. The Morgan fingerprint density at radius 3 is 2.37 bits per heavy atom. The fraction of sp³-hybridized carbons (Fsp3) is 0.286. The summed E-state index contributed by atoms with van der Waals surface area (Å²) in [6, 6.07) is 13.9. The van der Waals surface area contributed by atoms with Gasteiger partial charge in [0.1, 0.15) is 0 Å². The van der Waals surface area contributed by atoms with E-state index in [9.17, 15) is 14.4 Å². The first-order valence-corrected chi connectivity index (χ1v) is 8.81. The van der Waals surface area contributed by atoms with Gasteiger partial charge in [0.25, 0.3) is 5.91 Å². The Balaban J connectivity index is 1.53. The molecule has 0 aromatic heterocycles. The number of aryl methyl sites for hydroxylation is 1. The summed E-state index contributed by atoms with van der Waals surface area (Å²) in [4.78, 5) is 35.7. The zero-order chi connectivity index (χ0) is 19.2. The second-order valence-electron chi connectivity index (χ2n) is 6.36.